The van der Waals surface area contributed by atoms with Gasteiger partial charge in [0.2, 0.25) is 0 Å². The van der Waals surface area contributed by atoms with Crippen LogP contribution in [0.5, 0.6) is 11.5 Å². The fourth-order valence-electron chi connectivity index (χ4n) is 2.39. The fraction of sp³-hybridized carbons (Fsp3) is 0.435. The van der Waals surface area contributed by atoms with Crippen LogP contribution in [-0.4, -0.2) is 30.9 Å². The average Bonchev–Trinajstić information content (AvgIpc) is 2.73. The first-order valence-electron chi connectivity index (χ1n) is 10.3. The summed E-state index contributed by atoms with van der Waals surface area (Å²) in [5.74, 6) is -0.106. The van der Waals surface area contributed by atoms with E-state index in [1.54, 1.807) is 60.7 Å². The summed E-state index contributed by atoms with van der Waals surface area (Å²) < 4.78 is 41.0. The van der Waals surface area contributed by atoms with E-state index in [-0.39, 0.29) is 24.2 Å². The molecule has 170 valence electrons. The molecule has 0 radical (unpaired) electrons. The van der Waals surface area contributed by atoms with Gasteiger partial charge in [-0.3, -0.25) is 0 Å². The molecule has 0 saturated carbocycles. The third-order valence-electron chi connectivity index (χ3n) is 4.25. The fourth-order valence-corrected chi connectivity index (χ4v) is 3.90. The van der Waals surface area contributed by atoms with Crippen molar-refractivity contribution in [1.29, 1.82) is 0 Å². The normalized spacial score (nSPS) is 12.8. The van der Waals surface area contributed by atoms with Crippen molar-refractivity contribution in [3.8, 4) is 11.5 Å². The molecule has 1 unspecified atom stereocenters. The van der Waals surface area contributed by atoms with E-state index in [9.17, 15) is 9.36 Å². The van der Waals surface area contributed by atoms with Crippen molar-refractivity contribution in [3.63, 3.8) is 0 Å². The first-order valence-corrected chi connectivity index (χ1v) is 11.8. The average molecular weight is 450 g/mol. The molecule has 0 N–H and O–H groups in total. The van der Waals surface area contributed by atoms with Gasteiger partial charge < -0.3 is 18.5 Å². The van der Waals surface area contributed by atoms with Crippen molar-refractivity contribution >= 4 is 13.8 Å². The third kappa shape index (κ3) is 8.74. The van der Waals surface area contributed by atoms with Crippen LogP contribution in [0.25, 0.3) is 0 Å². The highest BCUT2D eigenvalue weighted by Crippen LogP contribution is 2.52. The van der Waals surface area contributed by atoms with Crippen LogP contribution in [-0.2, 0) is 23.4 Å². The van der Waals surface area contributed by atoms with Crippen LogP contribution >= 0.6 is 7.82 Å². The van der Waals surface area contributed by atoms with E-state index in [1.165, 1.54) is 13.8 Å². The lowest BCUT2D eigenvalue weighted by molar-refractivity contribution is -0.160. The Morgan fingerprint density at radius 2 is 1.45 bits per heavy atom. The van der Waals surface area contributed by atoms with Gasteiger partial charge in [-0.1, -0.05) is 43.3 Å². The van der Waals surface area contributed by atoms with Crippen LogP contribution in [0.1, 0.15) is 40.5 Å². The Hall–Kier alpha value is -2.34. The smallest absolute Gasteiger partial charge is 0.463 e. The lowest BCUT2D eigenvalue weighted by atomic mass is 10.1. The van der Waals surface area contributed by atoms with Gasteiger partial charge in [-0.2, -0.15) is 0 Å². The van der Waals surface area contributed by atoms with E-state index in [2.05, 4.69) is 0 Å². The second kappa shape index (κ2) is 11.9. The molecule has 0 fully saturated rings. The number of carbonyl (C=O) groups excluding carboxylic acids is 1. The molecular formula is C23H31O7P. The van der Waals surface area contributed by atoms with Gasteiger partial charge in [0.15, 0.2) is 5.60 Å². The minimum atomic E-state index is -4.23. The molecule has 0 aliphatic rings. The molecule has 0 amide bonds. The summed E-state index contributed by atoms with van der Waals surface area (Å²) in [5, 5.41) is 0. The van der Waals surface area contributed by atoms with E-state index < -0.39 is 19.4 Å². The number of hydrogen-bond acceptors (Lipinski definition) is 7. The minimum absolute atomic E-state index is 0.158. The molecule has 0 spiro atoms. The lowest BCUT2D eigenvalue weighted by Gasteiger charge is -2.27. The summed E-state index contributed by atoms with van der Waals surface area (Å²) in [5.41, 5.74) is -1.57. The number of esters is 1. The molecule has 2 aromatic carbocycles. The summed E-state index contributed by atoms with van der Waals surface area (Å²) >= 11 is 0. The minimum Gasteiger partial charge on any atom is -0.463 e. The molecule has 0 saturated heterocycles. The van der Waals surface area contributed by atoms with Crippen LogP contribution < -0.4 is 9.05 Å². The van der Waals surface area contributed by atoms with Gasteiger partial charge in [0.25, 0.3) is 0 Å². The van der Waals surface area contributed by atoms with Gasteiger partial charge in [0, 0.05) is 6.42 Å². The predicted octanol–water partition coefficient (Wildman–Crippen LogP) is 5.80. The van der Waals surface area contributed by atoms with Crippen molar-refractivity contribution in [3.05, 3.63) is 60.7 Å². The van der Waals surface area contributed by atoms with Gasteiger partial charge >= 0.3 is 13.8 Å². The molecule has 0 aliphatic heterocycles. The summed E-state index contributed by atoms with van der Waals surface area (Å²) in [6.07, 6.45) is 1.62. The summed E-state index contributed by atoms with van der Waals surface area (Å²) in [6, 6.07) is 17.0. The Bertz CT molecular complexity index is 794. The van der Waals surface area contributed by atoms with Crippen molar-refractivity contribution < 1.29 is 32.4 Å². The highest BCUT2D eigenvalue weighted by atomic mass is 31.2. The van der Waals surface area contributed by atoms with Gasteiger partial charge in [0.05, 0.1) is 19.3 Å². The Morgan fingerprint density at radius 1 is 0.935 bits per heavy atom. The second-order valence-electron chi connectivity index (χ2n) is 7.44. The molecule has 0 heterocycles. The van der Waals surface area contributed by atoms with Crippen LogP contribution in [0.2, 0.25) is 0 Å². The summed E-state index contributed by atoms with van der Waals surface area (Å²) in [6.45, 7) is 7.58. The second-order valence-corrected chi connectivity index (χ2v) is 8.88. The van der Waals surface area contributed by atoms with Gasteiger partial charge in [-0.15, -0.1) is 0 Å². The standard InChI is InChI=1S/C23H31O7P/c1-5-19(2)26-17-12-18-27-22(24)23(3,4)30-31(25,28-20-13-8-6-9-14-20)29-21-15-10-7-11-16-21/h6-11,13-16,19H,5,12,17-18H2,1-4H3. The van der Waals surface area contributed by atoms with Crippen molar-refractivity contribution in [2.45, 2.75) is 52.2 Å². The molecule has 1 atom stereocenters. The van der Waals surface area contributed by atoms with Crippen LogP contribution in [0, 0.1) is 0 Å². The molecular weight excluding hydrogens is 419 g/mol. The van der Waals surface area contributed by atoms with E-state index >= 15 is 0 Å². The molecule has 0 bridgehead atoms. The number of phosphoric ester groups is 1. The maximum atomic E-state index is 13.5. The number of phosphoric acid groups is 1. The Kier molecular flexibility index (Phi) is 9.56. The number of hydrogen-bond donors (Lipinski definition) is 0. The zero-order chi connectivity index (χ0) is 22.7. The molecule has 0 aromatic heterocycles. The SMILES string of the molecule is CCC(C)OCCCOC(=O)C(C)(C)OP(=O)(Oc1ccccc1)Oc1ccccc1. The van der Waals surface area contributed by atoms with Crippen LogP contribution in [0.15, 0.2) is 60.7 Å². The number of rotatable bonds is 13. The quantitative estimate of drug-likeness (QED) is 0.217. The molecule has 31 heavy (non-hydrogen) atoms. The van der Waals surface area contributed by atoms with E-state index in [0.29, 0.717) is 13.0 Å². The lowest BCUT2D eigenvalue weighted by Crippen LogP contribution is -2.37. The number of ether oxygens (including phenoxy) is 2. The topological polar surface area (TPSA) is 80.3 Å². The molecule has 7 nitrogen and oxygen atoms in total. The highest BCUT2D eigenvalue weighted by molar-refractivity contribution is 7.49. The molecule has 8 heteroatoms. The predicted molar refractivity (Wildman–Crippen MR) is 118 cm³/mol. The highest BCUT2D eigenvalue weighted by Gasteiger charge is 2.43. The van der Waals surface area contributed by atoms with Crippen molar-refractivity contribution in [2.24, 2.45) is 0 Å². The molecule has 2 aromatic rings. The van der Waals surface area contributed by atoms with E-state index in [0.717, 1.165) is 6.42 Å². The van der Waals surface area contributed by atoms with Crippen molar-refractivity contribution in [2.75, 3.05) is 13.2 Å². The monoisotopic (exact) mass is 450 g/mol. The van der Waals surface area contributed by atoms with E-state index in [4.69, 9.17) is 23.0 Å². The molecule has 0 aliphatic carbocycles. The Balaban J connectivity index is 2.03. The van der Waals surface area contributed by atoms with Gasteiger partial charge in [-0.05, 0) is 51.5 Å². The number of carbonyl (C=O) groups is 1. The van der Waals surface area contributed by atoms with Crippen molar-refractivity contribution in [1.82, 2.24) is 0 Å². The zero-order valence-corrected chi connectivity index (χ0v) is 19.4. The van der Waals surface area contributed by atoms with Crippen LogP contribution in [0.4, 0.5) is 0 Å². The maximum Gasteiger partial charge on any atom is 0.588 e. The molecule has 2 rings (SSSR count). The summed E-state index contributed by atoms with van der Waals surface area (Å²) in [4.78, 5) is 12.6. The number of benzene rings is 2. The van der Waals surface area contributed by atoms with Crippen LogP contribution in [0.3, 0.4) is 0 Å². The van der Waals surface area contributed by atoms with Gasteiger partial charge in [0.1, 0.15) is 11.5 Å². The first kappa shape index (κ1) is 24.9. The largest absolute Gasteiger partial charge is 0.588 e. The van der Waals surface area contributed by atoms with E-state index in [1.807, 2.05) is 13.8 Å². The first-order chi connectivity index (χ1) is 14.7. The maximum absolute atomic E-state index is 13.5. The third-order valence-corrected chi connectivity index (χ3v) is 5.80. The Morgan fingerprint density at radius 3 is 1.94 bits per heavy atom. The zero-order valence-electron chi connectivity index (χ0n) is 18.5. The van der Waals surface area contributed by atoms with Gasteiger partial charge in [-0.25, -0.2) is 13.9 Å². The summed E-state index contributed by atoms with van der Waals surface area (Å²) in [7, 11) is -4.23. The Labute approximate surface area is 184 Å². The number of para-hydroxylation sites is 2.